The van der Waals surface area contributed by atoms with E-state index in [4.69, 9.17) is 9.47 Å². The molecule has 0 aromatic heterocycles. The summed E-state index contributed by atoms with van der Waals surface area (Å²) < 4.78 is 11.5. The third kappa shape index (κ3) is 3.89. The number of benzene rings is 1. The van der Waals surface area contributed by atoms with Gasteiger partial charge in [-0.25, -0.2) is 0 Å². The summed E-state index contributed by atoms with van der Waals surface area (Å²) in [5, 5.41) is 3.65. The second kappa shape index (κ2) is 7.53. The topological polar surface area (TPSA) is 30.5 Å². The van der Waals surface area contributed by atoms with Gasteiger partial charge in [0.05, 0.1) is 13.2 Å². The monoisotopic (exact) mass is 277 g/mol. The Balaban J connectivity index is 2.08. The van der Waals surface area contributed by atoms with Gasteiger partial charge in [0.2, 0.25) is 0 Å². The molecular weight excluding hydrogens is 250 g/mol. The average Bonchev–Trinajstić information content (AvgIpc) is 2.99. The summed E-state index contributed by atoms with van der Waals surface area (Å²) in [6.45, 7) is 5.09. The largest absolute Gasteiger partial charge is 0.493 e. The van der Waals surface area contributed by atoms with E-state index in [0.717, 1.165) is 24.5 Å². The molecule has 0 amide bonds. The van der Waals surface area contributed by atoms with Crippen molar-refractivity contribution in [2.45, 2.75) is 64.6 Å². The summed E-state index contributed by atoms with van der Waals surface area (Å²) in [4.78, 5) is 0. The Kier molecular flexibility index (Phi) is 5.72. The molecule has 1 aliphatic carbocycles. The lowest BCUT2D eigenvalue weighted by atomic mass is 10.1. The highest BCUT2D eigenvalue weighted by atomic mass is 16.5. The van der Waals surface area contributed by atoms with Crippen molar-refractivity contribution in [1.29, 1.82) is 0 Å². The van der Waals surface area contributed by atoms with Crippen LogP contribution in [-0.4, -0.2) is 19.3 Å². The van der Waals surface area contributed by atoms with Gasteiger partial charge in [0, 0.05) is 18.2 Å². The second-order valence-electron chi connectivity index (χ2n) is 5.65. The van der Waals surface area contributed by atoms with Crippen molar-refractivity contribution >= 4 is 0 Å². The maximum absolute atomic E-state index is 6.07. The first-order chi connectivity index (χ1) is 9.74. The SMILES string of the molecule is CCC(C)Oc1c(CNC2CCCC2)cccc1OC. The molecule has 1 aliphatic rings. The van der Waals surface area contributed by atoms with Crippen LogP contribution in [0, 0.1) is 0 Å². The van der Waals surface area contributed by atoms with Crippen LogP contribution in [0.5, 0.6) is 11.5 Å². The number of ether oxygens (including phenoxy) is 2. The van der Waals surface area contributed by atoms with Crippen LogP contribution in [0.3, 0.4) is 0 Å². The van der Waals surface area contributed by atoms with E-state index in [1.54, 1.807) is 7.11 Å². The van der Waals surface area contributed by atoms with Gasteiger partial charge >= 0.3 is 0 Å². The number of nitrogens with one attached hydrogen (secondary N) is 1. The van der Waals surface area contributed by atoms with Gasteiger partial charge in [-0.3, -0.25) is 0 Å². The van der Waals surface area contributed by atoms with Gasteiger partial charge in [-0.15, -0.1) is 0 Å². The number of hydrogen-bond acceptors (Lipinski definition) is 3. The quantitative estimate of drug-likeness (QED) is 0.820. The lowest BCUT2D eigenvalue weighted by Crippen LogP contribution is -2.26. The number of rotatable bonds is 7. The van der Waals surface area contributed by atoms with E-state index >= 15 is 0 Å². The molecule has 1 atom stereocenters. The number of hydrogen-bond donors (Lipinski definition) is 1. The molecule has 1 aromatic rings. The summed E-state index contributed by atoms with van der Waals surface area (Å²) in [7, 11) is 1.70. The first-order valence-corrected chi connectivity index (χ1v) is 7.80. The fourth-order valence-corrected chi connectivity index (χ4v) is 2.66. The van der Waals surface area contributed by atoms with Gasteiger partial charge in [0.1, 0.15) is 0 Å². The van der Waals surface area contributed by atoms with Gasteiger partial charge in [-0.05, 0) is 32.3 Å². The van der Waals surface area contributed by atoms with E-state index < -0.39 is 0 Å². The highest BCUT2D eigenvalue weighted by Gasteiger charge is 2.17. The van der Waals surface area contributed by atoms with Crippen LogP contribution in [0.1, 0.15) is 51.5 Å². The zero-order chi connectivity index (χ0) is 14.4. The fourth-order valence-electron chi connectivity index (χ4n) is 2.66. The highest BCUT2D eigenvalue weighted by Crippen LogP contribution is 2.32. The van der Waals surface area contributed by atoms with E-state index in [2.05, 4.69) is 25.2 Å². The molecule has 0 spiro atoms. The normalized spacial score (nSPS) is 17.1. The third-order valence-electron chi connectivity index (χ3n) is 4.11. The zero-order valence-corrected chi connectivity index (χ0v) is 12.9. The molecule has 0 radical (unpaired) electrons. The van der Waals surface area contributed by atoms with Crippen molar-refractivity contribution in [3.8, 4) is 11.5 Å². The summed E-state index contributed by atoms with van der Waals surface area (Å²) in [6, 6.07) is 6.80. The molecule has 0 saturated heterocycles. The van der Waals surface area contributed by atoms with Crippen molar-refractivity contribution in [2.75, 3.05) is 7.11 Å². The summed E-state index contributed by atoms with van der Waals surface area (Å²) >= 11 is 0. The summed E-state index contributed by atoms with van der Waals surface area (Å²) in [6.07, 6.45) is 6.50. The summed E-state index contributed by atoms with van der Waals surface area (Å²) in [5.41, 5.74) is 1.19. The Hall–Kier alpha value is -1.22. The van der Waals surface area contributed by atoms with E-state index in [9.17, 15) is 0 Å². The fraction of sp³-hybridized carbons (Fsp3) is 0.647. The molecule has 112 valence electrons. The lowest BCUT2D eigenvalue weighted by Gasteiger charge is -2.20. The predicted octanol–water partition coefficient (Wildman–Crippen LogP) is 3.90. The minimum Gasteiger partial charge on any atom is -0.493 e. The minimum atomic E-state index is 0.205. The van der Waals surface area contributed by atoms with Crippen LogP contribution in [0.25, 0.3) is 0 Å². The van der Waals surface area contributed by atoms with Crippen LogP contribution in [-0.2, 0) is 6.54 Å². The highest BCUT2D eigenvalue weighted by molar-refractivity contribution is 5.46. The molecule has 20 heavy (non-hydrogen) atoms. The standard InChI is InChI=1S/C17H27NO2/c1-4-13(2)20-17-14(8-7-11-16(17)19-3)12-18-15-9-5-6-10-15/h7-8,11,13,15,18H,4-6,9-10,12H2,1-3H3. The van der Waals surface area contributed by atoms with Gasteiger partial charge in [-0.1, -0.05) is 31.9 Å². The van der Waals surface area contributed by atoms with E-state index in [-0.39, 0.29) is 6.10 Å². The molecule has 1 saturated carbocycles. The molecule has 3 nitrogen and oxygen atoms in total. The molecule has 1 N–H and O–H groups in total. The third-order valence-corrected chi connectivity index (χ3v) is 4.11. The Morgan fingerprint density at radius 2 is 2.05 bits per heavy atom. The van der Waals surface area contributed by atoms with Crippen molar-refractivity contribution < 1.29 is 9.47 Å². The Labute approximate surface area is 122 Å². The van der Waals surface area contributed by atoms with Crippen LogP contribution in [0.15, 0.2) is 18.2 Å². The Morgan fingerprint density at radius 3 is 2.70 bits per heavy atom. The van der Waals surface area contributed by atoms with Crippen LogP contribution in [0.4, 0.5) is 0 Å². The van der Waals surface area contributed by atoms with Crippen molar-refractivity contribution in [3.05, 3.63) is 23.8 Å². The molecule has 1 aromatic carbocycles. The van der Waals surface area contributed by atoms with Crippen LogP contribution < -0.4 is 14.8 Å². The molecule has 0 heterocycles. The first-order valence-electron chi connectivity index (χ1n) is 7.80. The molecule has 2 rings (SSSR count). The molecule has 0 bridgehead atoms. The molecular formula is C17H27NO2. The van der Waals surface area contributed by atoms with Gasteiger partial charge < -0.3 is 14.8 Å². The number of para-hydroxylation sites is 1. The van der Waals surface area contributed by atoms with E-state index in [1.807, 2.05) is 12.1 Å². The maximum Gasteiger partial charge on any atom is 0.166 e. The van der Waals surface area contributed by atoms with Crippen LogP contribution in [0.2, 0.25) is 0 Å². The van der Waals surface area contributed by atoms with Crippen molar-refractivity contribution in [1.82, 2.24) is 5.32 Å². The zero-order valence-electron chi connectivity index (χ0n) is 12.9. The van der Waals surface area contributed by atoms with E-state index in [1.165, 1.54) is 31.2 Å². The summed E-state index contributed by atoms with van der Waals surface area (Å²) in [5.74, 6) is 1.73. The smallest absolute Gasteiger partial charge is 0.166 e. The maximum atomic E-state index is 6.07. The lowest BCUT2D eigenvalue weighted by molar-refractivity contribution is 0.205. The van der Waals surface area contributed by atoms with Crippen LogP contribution >= 0.6 is 0 Å². The Bertz CT molecular complexity index is 413. The molecule has 0 aliphatic heterocycles. The molecule has 3 heteroatoms. The van der Waals surface area contributed by atoms with Gasteiger partial charge in [-0.2, -0.15) is 0 Å². The van der Waals surface area contributed by atoms with E-state index in [0.29, 0.717) is 6.04 Å². The van der Waals surface area contributed by atoms with Crippen molar-refractivity contribution in [2.24, 2.45) is 0 Å². The number of methoxy groups -OCH3 is 1. The molecule has 1 fully saturated rings. The Morgan fingerprint density at radius 1 is 1.30 bits per heavy atom. The van der Waals surface area contributed by atoms with Gasteiger partial charge in [0.15, 0.2) is 11.5 Å². The van der Waals surface area contributed by atoms with Crippen molar-refractivity contribution in [3.63, 3.8) is 0 Å². The average molecular weight is 277 g/mol. The molecule has 1 unspecified atom stereocenters. The second-order valence-corrected chi connectivity index (χ2v) is 5.65. The van der Waals surface area contributed by atoms with Gasteiger partial charge in [0.25, 0.3) is 0 Å². The first kappa shape index (κ1) is 15.2. The predicted molar refractivity (Wildman–Crippen MR) is 82.5 cm³/mol. The minimum absolute atomic E-state index is 0.205.